The van der Waals surface area contributed by atoms with Crippen LogP contribution < -0.4 is 10.1 Å². The zero-order valence-corrected chi connectivity index (χ0v) is 16.6. The minimum Gasteiger partial charge on any atom is -0.406 e. The molecule has 0 unspecified atom stereocenters. The number of sulfonamides is 1. The van der Waals surface area contributed by atoms with Crippen molar-refractivity contribution in [1.82, 2.24) is 5.32 Å². The van der Waals surface area contributed by atoms with Crippen molar-refractivity contribution in [2.24, 2.45) is 9.63 Å². The molecule has 6 nitrogen and oxygen atoms in total. The van der Waals surface area contributed by atoms with Gasteiger partial charge in [-0.25, -0.2) is 0 Å². The Balaban J connectivity index is 1.87. The molecule has 1 aliphatic heterocycles. The topological polar surface area (TPSA) is 80.1 Å². The van der Waals surface area contributed by atoms with Crippen molar-refractivity contribution in [2.75, 3.05) is 13.1 Å². The van der Waals surface area contributed by atoms with Crippen LogP contribution in [-0.4, -0.2) is 27.9 Å². The van der Waals surface area contributed by atoms with Gasteiger partial charge in [-0.15, -0.1) is 13.2 Å². The highest BCUT2D eigenvalue weighted by molar-refractivity contribution is 7.90. The summed E-state index contributed by atoms with van der Waals surface area (Å²) in [5.74, 6) is -0.524. The summed E-state index contributed by atoms with van der Waals surface area (Å²) >= 11 is 5.94. The molecule has 2 aromatic carbocycles. The van der Waals surface area contributed by atoms with Crippen LogP contribution in [0.5, 0.6) is 5.75 Å². The Labute approximate surface area is 170 Å². The summed E-state index contributed by atoms with van der Waals surface area (Å²) < 4.78 is 69.1. The lowest BCUT2D eigenvalue weighted by Crippen LogP contribution is -2.38. The molecule has 0 spiro atoms. The number of rotatable bonds is 5. The normalized spacial score (nSPS) is 17.4. The second-order valence-corrected chi connectivity index (χ2v) is 8.49. The predicted molar refractivity (Wildman–Crippen MR) is 100 cm³/mol. The molecule has 2 aromatic rings. The Morgan fingerprint density at radius 2 is 1.59 bits per heavy atom. The summed E-state index contributed by atoms with van der Waals surface area (Å²) in [6.07, 6.45) is -3.79. The van der Waals surface area contributed by atoms with Crippen LogP contribution in [0, 0.1) is 0 Å². The SMILES string of the molecule is O=S(=O)(N=NC1(c2ccc(Cl)cc2)CCNCC1)c1ccc(OC(F)(F)F)cc1. The molecule has 0 bridgehead atoms. The molecule has 29 heavy (non-hydrogen) atoms. The summed E-state index contributed by atoms with van der Waals surface area (Å²) in [7, 11) is -4.20. The fourth-order valence-electron chi connectivity index (χ4n) is 3.04. The molecule has 0 aromatic heterocycles. The number of hydrogen-bond donors (Lipinski definition) is 1. The highest BCUT2D eigenvalue weighted by Gasteiger charge is 2.35. The number of alkyl halides is 3. The van der Waals surface area contributed by atoms with Gasteiger partial charge in [0.05, 0.1) is 4.90 Å². The standard InChI is InChI=1S/C18H17ClF3N3O3S/c19-14-3-1-13(2-4-14)17(9-11-23-12-10-17)24-25-29(26,27)16-7-5-15(6-8-16)28-18(20,21)22/h1-8,23H,9-12H2. The average molecular weight is 448 g/mol. The van der Waals surface area contributed by atoms with E-state index in [4.69, 9.17) is 11.6 Å². The summed E-state index contributed by atoms with van der Waals surface area (Å²) in [6, 6.07) is 10.8. The van der Waals surface area contributed by atoms with Crippen LogP contribution in [0.1, 0.15) is 18.4 Å². The van der Waals surface area contributed by atoms with E-state index in [0.717, 1.165) is 29.8 Å². The zero-order valence-electron chi connectivity index (χ0n) is 15.0. The van der Waals surface area contributed by atoms with Crippen LogP contribution in [-0.2, 0) is 15.6 Å². The van der Waals surface area contributed by atoms with Crippen molar-refractivity contribution in [3.8, 4) is 5.75 Å². The predicted octanol–water partition coefficient (Wildman–Crippen LogP) is 4.66. The Morgan fingerprint density at radius 1 is 1.00 bits per heavy atom. The largest absolute Gasteiger partial charge is 0.573 e. The molecule has 1 aliphatic rings. The molecule has 1 heterocycles. The lowest BCUT2D eigenvalue weighted by atomic mass is 9.82. The lowest BCUT2D eigenvalue weighted by Gasteiger charge is -2.33. The number of halogens is 4. The molecule has 0 saturated carbocycles. The summed E-state index contributed by atoms with van der Waals surface area (Å²) in [6.45, 7) is 1.26. The number of hydrogen-bond acceptors (Lipinski definition) is 5. The number of nitrogens with zero attached hydrogens (tertiary/aromatic N) is 2. The van der Waals surface area contributed by atoms with E-state index < -0.39 is 27.7 Å². The molecule has 156 valence electrons. The van der Waals surface area contributed by atoms with E-state index in [1.807, 2.05) is 0 Å². The van der Waals surface area contributed by atoms with Crippen molar-refractivity contribution in [3.05, 3.63) is 59.1 Å². The highest BCUT2D eigenvalue weighted by Crippen LogP contribution is 2.36. The second kappa shape index (κ2) is 8.29. The van der Waals surface area contributed by atoms with E-state index in [1.54, 1.807) is 24.3 Å². The van der Waals surface area contributed by atoms with Crippen molar-refractivity contribution in [1.29, 1.82) is 0 Å². The average Bonchev–Trinajstić information content (AvgIpc) is 2.67. The maximum absolute atomic E-state index is 12.5. The van der Waals surface area contributed by atoms with E-state index >= 15 is 0 Å². The van der Waals surface area contributed by atoms with Gasteiger partial charge < -0.3 is 10.1 Å². The molecule has 1 saturated heterocycles. The molecular weight excluding hydrogens is 431 g/mol. The van der Waals surface area contributed by atoms with Crippen LogP contribution in [0.25, 0.3) is 0 Å². The first-order chi connectivity index (χ1) is 13.6. The van der Waals surface area contributed by atoms with Gasteiger partial charge in [-0.05, 0) is 67.9 Å². The van der Waals surface area contributed by atoms with Crippen LogP contribution >= 0.6 is 11.6 Å². The zero-order chi connectivity index (χ0) is 21.1. The van der Waals surface area contributed by atoms with Crippen LogP contribution in [0.2, 0.25) is 5.02 Å². The molecule has 3 rings (SSSR count). The van der Waals surface area contributed by atoms with Gasteiger partial charge >= 0.3 is 6.36 Å². The second-order valence-electron chi connectivity index (χ2n) is 6.46. The first-order valence-electron chi connectivity index (χ1n) is 8.61. The molecule has 0 aliphatic carbocycles. The minimum atomic E-state index is -4.86. The van der Waals surface area contributed by atoms with Gasteiger partial charge in [0.25, 0.3) is 10.0 Å². The van der Waals surface area contributed by atoms with Gasteiger partial charge in [0, 0.05) is 5.02 Å². The summed E-state index contributed by atoms with van der Waals surface area (Å²) in [4.78, 5) is -0.282. The first-order valence-corrected chi connectivity index (χ1v) is 10.4. The Kier molecular flexibility index (Phi) is 6.16. The molecular formula is C18H17ClF3N3O3S. The number of benzene rings is 2. The molecule has 11 heteroatoms. The van der Waals surface area contributed by atoms with E-state index in [2.05, 4.69) is 19.7 Å². The molecule has 1 N–H and O–H groups in total. The van der Waals surface area contributed by atoms with Crippen molar-refractivity contribution in [2.45, 2.75) is 29.6 Å². The van der Waals surface area contributed by atoms with Crippen molar-refractivity contribution >= 4 is 21.6 Å². The quantitative estimate of drug-likeness (QED) is 0.676. The first kappa shape index (κ1) is 21.5. The number of ether oxygens (including phenoxy) is 1. The minimum absolute atomic E-state index is 0.282. The van der Waals surface area contributed by atoms with Crippen molar-refractivity contribution < 1.29 is 26.3 Å². The van der Waals surface area contributed by atoms with Gasteiger partial charge in [-0.2, -0.15) is 13.5 Å². The Morgan fingerprint density at radius 3 is 2.14 bits per heavy atom. The third-order valence-electron chi connectivity index (χ3n) is 4.51. The van der Waals surface area contributed by atoms with Gasteiger partial charge in [-0.1, -0.05) is 28.3 Å². The van der Waals surface area contributed by atoms with Gasteiger partial charge in [0.2, 0.25) is 0 Å². The van der Waals surface area contributed by atoms with Crippen LogP contribution in [0.15, 0.2) is 63.1 Å². The van der Waals surface area contributed by atoms with E-state index in [0.29, 0.717) is 31.0 Å². The van der Waals surface area contributed by atoms with E-state index in [1.165, 1.54) is 0 Å². The molecule has 0 atom stereocenters. The third-order valence-corrected chi connectivity index (χ3v) is 5.92. The monoisotopic (exact) mass is 447 g/mol. The fraction of sp³-hybridized carbons (Fsp3) is 0.333. The van der Waals surface area contributed by atoms with E-state index in [9.17, 15) is 21.6 Å². The van der Waals surface area contributed by atoms with E-state index in [-0.39, 0.29) is 4.90 Å². The van der Waals surface area contributed by atoms with Crippen LogP contribution in [0.3, 0.4) is 0 Å². The fourth-order valence-corrected chi connectivity index (χ4v) is 4.00. The molecule has 0 amide bonds. The Bertz CT molecular complexity index is 972. The van der Waals surface area contributed by atoms with Crippen LogP contribution in [0.4, 0.5) is 13.2 Å². The highest BCUT2D eigenvalue weighted by atomic mass is 35.5. The van der Waals surface area contributed by atoms with Crippen molar-refractivity contribution in [3.63, 3.8) is 0 Å². The smallest absolute Gasteiger partial charge is 0.406 e. The summed E-state index contributed by atoms with van der Waals surface area (Å²) in [5.41, 5.74) is -0.0429. The Hall–Kier alpha value is -2.17. The van der Waals surface area contributed by atoms with Gasteiger partial charge in [0.1, 0.15) is 11.3 Å². The number of piperidine rings is 1. The van der Waals surface area contributed by atoms with Gasteiger partial charge in [0.15, 0.2) is 0 Å². The lowest BCUT2D eigenvalue weighted by molar-refractivity contribution is -0.274. The maximum atomic E-state index is 12.5. The maximum Gasteiger partial charge on any atom is 0.573 e. The molecule has 1 fully saturated rings. The third kappa shape index (κ3) is 5.46. The number of nitrogens with one attached hydrogen (secondary N) is 1. The summed E-state index contributed by atoms with van der Waals surface area (Å²) in [5, 5.41) is 7.92. The molecule has 0 radical (unpaired) electrons. The van der Waals surface area contributed by atoms with Gasteiger partial charge in [-0.3, -0.25) is 0 Å².